The summed E-state index contributed by atoms with van der Waals surface area (Å²) in [6.07, 6.45) is 15.0. The smallest absolute Gasteiger partial charge is 0.364 e. The summed E-state index contributed by atoms with van der Waals surface area (Å²) < 4.78 is 34.8. The van der Waals surface area contributed by atoms with Crippen LogP contribution < -0.4 is 10.6 Å². The first-order valence-electron chi connectivity index (χ1n) is 33.7. The summed E-state index contributed by atoms with van der Waals surface area (Å²) in [4.78, 5) is 38.4. The topological polar surface area (TPSA) is 373 Å². The number of unbranched alkanes of at least 4 members (excludes halogenated alkanes) is 26. The van der Waals surface area contributed by atoms with Crippen molar-refractivity contribution in [1.29, 1.82) is 0 Å². The Bertz CT molecular complexity index is 1890. The number of nitrogens with one attached hydrogen (secondary N) is 2. The molecule has 0 spiro atoms. The Balaban J connectivity index is 1.61. The summed E-state index contributed by atoms with van der Waals surface area (Å²) in [5, 5.41) is 136. The van der Waals surface area contributed by atoms with Crippen molar-refractivity contribution in [2.24, 2.45) is 0 Å². The highest BCUT2D eigenvalue weighted by Crippen LogP contribution is 2.39. The minimum absolute atomic E-state index is 0.117. The van der Waals surface area contributed by atoms with Crippen molar-refractivity contribution in [2.45, 2.75) is 342 Å². The molecule has 14 N–H and O–H groups in total. The number of aliphatic hydroxyl groups excluding tert-OH is 11. The molecule has 3 saturated heterocycles. The van der Waals surface area contributed by atoms with Crippen LogP contribution in [0, 0.1) is 0 Å². The normalized spacial score (nSPS) is 29.1. The van der Waals surface area contributed by atoms with Gasteiger partial charge in [0.25, 0.3) is 5.79 Å². The number of aliphatic hydroxyl groups is 11. The summed E-state index contributed by atoms with van der Waals surface area (Å²) in [5.74, 6) is -6.18. The number of hydrogen-bond donors (Lipinski definition) is 14. The number of rotatable bonds is 50. The van der Waals surface area contributed by atoms with Crippen molar-refractivity contribution in [1.82, 2.24) is 10.6 Å². The van der Waals surface area contributed by atoms with Gasteiger partial charge in [-0.25, -0.2) is 4.79 Å². The van der Waals surface area contributed by atoms with Crippen molar-refractivity contribution in [3.05, 3.63) is 24.3 Å². The molecule has 88 heavy (non-hydrogen) atoms. The van der Waals surface area contributed by atoms with Crippen LogP contribution in [0.1, 0.15) is 233 Å². The molecule has 0 saturated carbocycles. The highest BCUT2D eigenvalue weighted by molar-refractivity contribution is 5.77. The van der Waals surface area contributed by atoms with E-state index in [1.54, 1.807) is 0 Å². The van der Waals surface area contributed by atoms with Gasteiger partial charge < -0.3 is 100 Å². The first kappa shape index (κ1) is 79.4. The van der Waals surface area contributed by atoms with Gasteiger partial charge in [0.05, 0.1) is 50.7 Å². The van der Waals surface area contributed by atoms with Crippen molar-refractivity contribution in [3.63, 3.8) is 0 Å². The van der Waals surface area contributed by atoms with Crippen molar-refractivity contribution in [2.75, 3.05) is 26.4 Å². The number of carboxylic acids is 1. The van der Waals surface area contributed by atoms with Crippen LogP contribution in [0.3, 0.4) is 0 Å². The molecule has 3 heterocycles. The maximum absolute atomic E-state index is 13.4. The van der Waals surface area contributed by atoms with Gasteiger partial charge in [-0.15, -0.1) is 0 Å². The maximum Gasteiger partial charge on any atom is 0.364 e. The summed E-state index contributed by atoms with van der Waals surface area (Å²) in [7, 11) is 0. The minimum Gasteiger partial charge on any atom is -0.477 e. The summed E-state index contributed by atoms with van der Waals surface area (Å²) in [6, 6.07) is -2.56. The van der Waals surface area contributed by atoms with Gasteiger partial charge in [-0.3, -0.25) is 9.59 Å². The Morgan fingerprint density at radius 2 is 1.09 bits per heavy atom. The number of aliphatic carboxylic acids is 1. The van der Waals surface area contributed by atoms with Crippen LogP contribution in [0.25, 0.3) is 0 Å². The number of allylic oxidation sites excluding steroid dienone is 4. The molecule has 0 aromatic rings. The third-order valence-electron chi connectivity index (χ3n) is 17.2. The molecule has 23 heteroatoms. The molecule has 514 valence electrons. The number of carbonyl (C=O) groups excluding carboxylic acids is 2. The second-order valence-electron chi connectivity index (χ2n) is 24.7. The third kappa shape index (κ3) is 29.0. The van der Waals surface area contributed by atoms with Gasteiger partial charge in [0.2, 0.25) is 11.8 Å². The van der Waals surface area contributed by atoms with Gasteiger partial charge >= 0.3 is 5.97 Å². The second kappa shape index (κ2) is 46.3. The molecule has 18 unspecified atom stereocenters. The number of ether oxygens (including phenoxy) is 6. The molecule has 2 amide bonds. The van der Waals surface area contributed by atoms with Crippen LogP contribution in [0.4, 0.5) is 0 Å². The molecular weight excluding hydrogens is 1140 g/mol. The van der Waals surface area contributed by atoms with Crippen LogP contribution in [0.15, 0.2) is 24.3 Å². The Hall–Kier alpha value is -2.79. The molecule has 18 atom stereocenters. The number of amides is 2. The molecule has 3 rings (SSSR count). The van der Waals surface area contributed by atoms with E-state index < -0.39 is 155 Å². The molecule has 3 fully saturated rings. The fourth-order valence-electron chi connectivity index (χ4n) is 11.8. The van der Waals surface area contributed by atoms with E-state index in [4.69, 9.17) is 28.4 Å². The lowest BCUT2D eigenvalue weighted by atomic mass is 9.88. The molecule has 3 aliphatic heterocycles. The monoisotopic (exact) mass is 1260 g/mol. The van der Waals surface area contributed by atoms with Crippen LogP contribution >= 0.6 is 0 Å². The molecule has 0 aromatic carbocycles. The third-order valence-corrected chi connectivity index (χ3v) is 17.2. The number of hydrogen-bond acceptors (Lipinski definition) is 20. The average Bonchev–Trinajstić information content (AvgIpc) is 0.823. The van der Waals surface area contributed by atoms with Gasteiger partial charge in [0, 0.05) is 19.8 Å². The summed E-state index contributed by atoms with van der Waals surface area (Å²) in [6.45, 7) is 2.14. The fraction of sp³-hybridized carbons (Fsp3) is 0.892. The molecule has 0 aliphatic carbocycles. The van der Waals surface area contributed by atoms with E-state index in [2.05, 4.69) is 36.6 Å². The molecule has 0 aromatic heterocycles. The highest BCUT2D eigenvalue weighted by Gasteiger charge is 2.60. The van der Waals surface area contributed by atoms with Gasteiger partial charge in [0.15, 0.2) is 12.6 Å². The van der Waals surface area contributed by atoms with E-state index in [9.17, 15) is 75.7 Å². The molecule has 3 aliphatic rings. The van der Waals surface area contributed by atoms with Gasteiger partial charge in [0.1, 0.15) is 67.1 Å². The van der Waals surface area contributed by atoms with E-state index in [0.717, 1.165) is 51.9 Å². The predicted molar refractivity (Wildman–Crippen MR) is 329 cm³/mol. The zero-order valence-corrected chi connectivity index (χ0v) is 53.3. The zero-order chi connectivity index (χ0) is 64.7. The number of carbonyl (C=O) groups is 3. The maximum atomic E-state index is 13.4. The minimum atomic E-state index is -3.08. The van der Waals surface area contributed by atoms with Gasteiger partial charge in [-0.2, -0.15) is 0 Å². The van der Waals surface area contributed by atoms with Crippen molar-refractivity contribution < 1.29 is 104 Å². The van der Waals surface area contributed by atoms with Crippen molar-refractivity contribution >= 4 is 17.8 Å². The molecular formula is C65H118N2O21. The SMILES string of the molecule is CCCCCCCC/C=C\C/C=C\CCC(=O)NC(COC1OC(CO)C(OC2OC(CO)C(O)C(OC3(C(=O)O)CC(O)C(NC(C)=O)C(C(O)C(O)CO)O3)C2O)C(O)C1O)C(O)CCCCCCCCCCCCCCCCCCCCCCC. The first-order chi connectivity index (χ1) is 42.4. The second-order valence-corrected chi connectivity index (χ2v) is 24.7. The summed E-state index contributed by atoms with van der Waals surface area (Å²) in [5.41, 5.74) is 0. The van der Waals surface area contributed by atoms with E-state index >= 15 is 0 Å². The molecule has 23 nitrogen and oxygen atoms in total. The lowest BCUT2D eigenvalue weighted by Crippen LogP contribution is -2.70. The first-order valence-corrected chi connectivity index (χ1v) is 33.7. The quantitative estimate of drug-likeness (QED) is 0.0272. The van der Waals surface area contributed by atoms with Gasteiger partial charge in [-0.05, 0) is 32.1 Å². The van der Waals surface area contributed by atoms with E-state index in [-0.39, 0.29) is 12.3 Å². The molecule has 0 bridgehead atoms. The highest BCUT2D eigenvalue weighted by atomic mass is 16.8. The Labute approximate surface area is 523 Å². The van der Waals surface area contributed by atoms with Crippen LogP contribution in [0.2, 0.25) is 0 Å². The zero-order valence-electron chi connectivity index (χ0n) is 53.3. The van der Waals surface area contributed by atoms with Gasteiger partial charge in [-0.1, -0.05) is 205 Å². The standard InChI is InChI=1S/C65H118N2O21/c1-4-6-8-10-12-14-16-18-19-20-21-22-23-24-25-27-28-30-32-34-36-38-47(72)46(67-52(75)39-37-35-33-31-29-26-17-15-13-11-9-7-5-2)44-83-62-57(79)56(78)59(51(43-70)85-62)86-63-58(80)61(55(77)50(42-69)84-63)88-65(64(81)82)40-48(73)53(66-45(3)71)60(87-65)54(76)49(74)41-68/h26,29,33,35,46-51,53-63,68-70,72-74,76-80H,4-25,27-28,30-32,34,36-44H2,1-3H3,(H,66,71)(H,67,75)(H,81,82)/b29-26-,35-33-. The largest absolute Gasteiger partial charge is 0.477 e. The fourth-order valence-corrected chi connectivity index (χ4v) is 11.8. The lowest BCUT2D eigenvalue weighted by Gasteiger charge is -2.50. The predicted octanol–water partition coefficient (Wildman–Crippen LogP) is 5.28. The number of carboxylic acid groups (broad SMARTS) is 1. The van der Waals surface area contributed by atoms with E-state index in [0.29, 0.717) is 19.3 Å². The van der Waals surface area contributed by atoms with Crippen molar-refractivity contribution in [3.8, 4) is 0 Å². The Kier molecular flexibility index (Phi) is 41.8. The van der Waals surface area contributed by atoms with Crippen LogP contribution in [0.5, 0.6) is 0 Å². The molecule has 0 radical (unpaired) electrons. The summed E-state index contributed by atoms with van der Waals surface area (Å²) >= 11 is 0. The van der Waals surface area contributed by atoms with E-state index in [1.807, 2.05) is 12.2 Å². The Morgan fingerprint density at radius 1 is 0.591 bits per heavy atom. The van der Waals surface area contributed by atoms with Crippen LogP contribution in [-0.4, -0.2) is 215 Å². The lowest BCUT2D eigenvalue weighted by molar-refractivity contribution is -0.386. The average molecular weight is 1260 g/mol. The van der Waals surface area contributed by atoms with Crippen LogP contribution in [-0.2, 0) is 42.8 Å². The van der Waals surface area contributed by atoms with E-state index in [1.165, 1.54) is 135 Å². The Morgan fingerprint density at radius 3 is 1.59 bits per heavy atom.